The predicted octanol–water partition coefficient (Wildman–Crippen LogP) is -6.66. The van der Waals surface area contributed by atoms with Gasteiger partial charge in [0.15, 0.2) is 12.6 Å². The summed E-state index contributed by atoms with van der Waals surface area (Å²) < 4.78 is 21.6. The van der Waals surface area contributed by atoms with Crippen molar-refractivity contribution in [1.29, 1.82) is 0 Å². The van der Waals surface area contributed by atoms with Crippen LogP contribution >= 0.6 is 0 Å². The fraction of sp³-hybridized carbons (Fsp3) is 1.00. The SMILES string of the molecule is C[C@@H]([C@H](O[C@H]1O[C@H](CO)[C@@H](O[C@H]2O[C@H](CO)[C@@H](O)[C@H](O)[C@H]2O)[C@H](O)[C@H]1O)[C@H](O)CO)[C@@H](O)CO. The van der Waals surface area contributed by atoms with Gasteiger partial charge in [0.2, 0.25) is 0 Å². The molecule has 14 atom stereocenters. The summed E-state index contributed by atoms with van der Waals surface area (Å²) in [6, 6.07) is 0. The van der Waals surface area contributed by atoms with E-state index in [0.717, 1.165) is 0 Å². The lowest BCUT2D eigenvalue weighted by Crippen LogP contribution is -2.65. The Kier molecular flexibility index (Phi) is 11.4. The van der Waals surface area contributed by atoms with Gasteiger partial charge in [-0.25, -0.2) is 0 Å². The van der Waals surface area contributed by atoms with Crippen LogP contribution in [0.5, 0.6) is 0 Å². The third-order valence-electron chi connectivity index (χ3n) is 6.13. The first-order chi connectivity index (χ1) is 16.0. The standard InChI is InChI=1S/C19H36O15/c1-6(7(24)2-20)16(8(25)3-21)33-19-15(30)13(28)17(10(5-23)32-19)34-18-14(29)12(27)11(26)9(4-22)31-18/h6-30H,2-5H2,1H3/t6-,7+,8-,9-,10-,11-,12+,13-,14-,15-,16+,17-,18-,19-/m1/s1. The van der Waals surface area contributed by atoms with Crippen molar-refractivity contribution in [2.24, 2.45) is 5.92 Å². The van der Waals surface area contributed by atoms with Crippen LogP contribution in [0, 0.1) is 5.92 Å². The zero-order valence-electron chi connectivity index (χ0n) is 18.5. The summed E-state index contributed by atoms with van der Waals surface area (Å²) in [6.07, 6.45) is -20.9. The molecule has 11 N–H and O–H groups in total. The Morgan fingerprint density at radius 1 is 0.676 bits per heavy atom. The van der Waals surface area contributed by atoms with Gasteiger partial charge in [-0.15, -0.1) is 0 Å². The Balaban J connectivity index is 2.17. The molecule has 15 heteroatoms. The summed E-state index contributed by atoms with van der Waals surface area (Å²) in [7, 11) is 0. The summed E-state index contributed by atoms with van der Waals surface area (Å²) in [5, 5.41) is 109. The van der Waals surface area contributed by atoms with Crippen molar-refractivity contribution in [3.8, 4) is 0 Å². The molecule has 202 valence electrons. The number of ether oxygens (including phenoxy) is 4. The van der Waals surface area contributed by atoms with Crippen molar-refractivity contribution in [2.75, 3.05) is 26.4 Å². The highest BCUT2D eigenvalue weighted by molar-refractivity contribution is 4.94. The minimum Gasteiger partial charge on any atom is -0.394 e. The number of rotatable bonds is 11. The van der Waals surface area contributed by atoms with Gasteiger partial charge in [-0.1, -0.05) is 6.92 Å². The van der Waals surface area contributed by atoms with Crippen LogP contribution in [0.2, 0.25) is 0 Å². The van der Waals surface area contributed by atoms with Gasteiger partial charge < -0.3 is 75.1 Å². The average Bonchev–Trinajstić information content (AvgIpc) is 2.84. The van der Waals surface area contributed by atoms with E-state index in [9.17, 15) is 56.2 Å². The van der Waals surface area contributed by atoms with Gasteiger partial charge in [0, 0.05) is 5.92 Å². The van der Waals surface area contributed by atoms with Gasteiger partial charge in [-0.3, -0.25) is 0 Å². The van der Waals surface area contributed by atoms with Crippen molar-refractivity contribution in [2.45, 2.75) is 86.6 Å². The van der Waals surface area contributed by atoms with Crippen molar-refractivity contribution < 1.29 is 75.1 Å². The zero-order chi connectivity index (χ0) is 25.7. The van der Waals surface area contributed by atoms with E-state index < -0.39 is 112 Å². The molecule has 2 aliphatic heterocycles. The Hall–Kier alpha value is -0.600. The topological polar surface area (TPSA) is 259 Å². The van der Waals surface area contributed by atoms with Crippen LogP contribution in [-0.2, 0) is 18.9 Å². The lowest BCUT2D eigenvalue weighted by Gasteiger charge is -2.46. The third-order valence-corrected chi connectivity index (χ3v) is 6.13. The molecule has 2 saturated heterocycles. The number of hydrogen-bond donors (Lipinski definition) is 11. The first-order valence-electron chi connectivity index (χ1n) is 10.8. The molecule has 0 aliphatic carbocycles. The third kappa shape index (κ3) is 6.39. The molecule has 0 unspecified atom stereocenters. The molecular formula is C19H36O15. The van der Waals surface area contributed by atoms with Crippen molar-refractivity contribution in [1.82, 2.24) is 0 Å². The van der Waals surface area contributed by atoms with Gasteiger partial charge in [0.05, 0.1) is 38.6 Å². The molecule has 0 spiro atoms. The maximum atomic E-state index is 10.6. The van der Waals surface area contributed by atoms with Crippen LogP contribution in [0.4, 0.5) is 0 Å². The van der Waals surface area contributed by atoms with E-state index in [1.54, 1.807) is 0 Å². The van der Waals surface area contributed by atoms with Crippen molar-refractivity contribution >= 4 is 0 Å². The van der Waals surface area contributed by atoms with Crippen LogP contribution in [-0.4, -0.2) is 162 Å². The molecule has 2 rings (SSSR count). The second-order valence-corrected chi connectivity index (χ2v) is 8.46. The highest BCUT2D eigenvalue weighted by Gasteiger charge is 2.51. The number of aliphatic hydroxyl groups excluding tert-OH is 11. The zero-order valence-corrected chi connectivity index (χ0v) is 18.5. The largest absolute Gasteiger partial charge is 0.394 e. The molecule has 0 saturated carbocycles. The van der Waals surface area contributed by atoms with E-state index in [1.165, 1.54) is 6.92 Å². The van der Waals surface area contributed by atoms with Crippen molar-refractivity contribution in [3.05, 3.63) is 0 Å². The van der Waals surface area contributed by atoms with Gasteiger partial charge >= 0.3 is 0 Å². The summed E-state index contributed by atoms with van der Waals surface area (Å²) in [4.78, 5) is 0. The summed E-state index contributed by atoms with van der Waals surface area (Å²) in [5.41, 5.74) is 0. The maximum absolute atomic E-state index is 10.6. The molecular weight excluding hydrogens is 468 g/mol. The summed E-state index contributed by atoms with van der Waals surface area (Å²) >= 11 is 0. The minimum atomic E-state index is -1.87. The maximum Gasteiger partial charge on any atom is 0.187 e. The molecule has 34 heavy (non-hydrogen) atoms. The molecule has 2 heterocycles. The van der Waals surface area contributed by atoms with E-state index >= 15 is 0 Å². The number of hydrogen-bond acceptors (Lipinski definition) is 15. The first-order valence-corrected chi connectivity index (χ1v) is 10.8. The molecule has 0 radical (unpaired) electrons. The van der Waals surface area contributed by atoms with Crippen LogP contribution in [0.25, 0.3) is 0 Å². The van der Waals surface area contributed by atoms with E-state index in [4.69, 9.17) is 18.9 Å². The van der Waals surface area contributed by atoms with Crippen molar-refractivity contribution in [3.63, 3.8) is 0 Å². The summed E-state index contributed by atoms with van der Waals surface area (Å²) in [5.74, 6) is -0.962. The quantitative estimate of drug-likeness (QED) is 0.125. The van der Waals surface area contributed by atoms with Crippen LogP contribution in [0.15, 0.2) is 0 Å². The van der Waals surface area contributed by atoms with Crippen LogP contribution in [0.1, 0.15) is 6.92 Å². The first kappa shape index (κ1) is 29.6. The molecule has 2 aliphatic rings. The predicted molar refractivity (Wildman–Crippen MR) is 107 cm³/mol. The molecule has 0 aromatic rings. The lowest BCUT2D eigenvalue weighted by atomic mass is 9.93. The molecule has 0 aromatic carbocycles. The smallest absolute Gasteiger partial charge is 0.187 e. The van der Waals surface area contributed by atoms with Crippen LogP contribution in [0.3, 0.4) is 0 Å². The van der Waals surface area contributed by atoms with Crippen LogP contribution < -0.4 is 0 Å². The lowest BCUT2D eigenvalue weighted by molar-refractivity contribution is -0.366. The minimum absolute atomic E-state index is 0.690. The Bertz CT molecular complexity index is 594. The Morgan fingerprint density at radius 2 is 1.21 bits per heavy atom. The fourth-order valence-corrected chi connectivity index (χ4v) is 3.88. The monoisotopic (exact) mass is 504 g/mol. The molecule has 0 bridgehead atoms. The van der Waals surface area contributed by atoms with E-state index in [1.807, 2.05) is 0 Å². The Morgan fingerprint density at radius 3 is 1.74 bits per heavy atom. The van der Waals surface area contributed by atoms with Gasteiger partial charge in [0.25, 0.3) is 0 Å². The van der Waals surface area contributed by atoms with E-state index in [2.05, 4.69) is 0 Å². The average molecular weight is 504 g/mol. The van der Waals surface area contributed by atoms with E-state index in [-0.39, 0.29) is 0 Å². The highest BCUT2D eigenvalue weighted by atomic mass is 16.7. The second-order valence-electron chi connectivity index (χ2n) is 8.46. The molecule has 0 aromatic heterocycles. The second kappa shape index (κ2) is 13.1. The fourth-order valence-electron chi connectivity index (χ4n) is 3.88. The highest BCUT2D eigenvalue weighted by Crippen LogP contribution is 2.31. The molecule has 15 nitrogen and oxygen atoms in total. The Labute approximate surface area is 194 Å². The number of aliphatic hydroxyl groups is 11. The van der Waals surface area contributed by atoms with E-state index in [0.29, 0.717) is 0 Å². The molecule has 2 fully saturated rings. The molecule has 0 amide bonds. The van der Waals surface area contributed by atoms with Gasteiger partial charge in [-0.2, -0.15) is 0 Å². The normalized spacial score (nSPS) is 42.7. The van der Waals surface area contributed by atoms with Gasteiger partial charge in [0.1, 0.15) is 54.9 Å². The summed E-state index contributed by atoms with van der Waals surface area (Å²) in [6.45, 7) is -1.63. The van der Waals surface area contributed by atoms with Gasteiger partial charge in [-0.05, 0) is 0 Å².